The first-order valence-electron chi connectivity index (χ1n) is 6.87. The number of carbonyl (C=O) groups excluding carboxylic acids is 2. The van der Waals surface area contributed by atoms with E-state index in [1.807, 2.05) is 23.1 Å². The van der Waals surface area contributed by atoms with E-state index < -0.39 is 12.1 Å². The van der Waals surface area contributed by atoms with Crippen molar-refractivity contribution < 1.29 is 19.1 Å². The summed E-state index contributed by atoms with van der Waals surface area (Å²) >= 11 is 0. The molecule has 0 radical (unpaired) electrons. The first-order chi connectivity index (χ1) is 10.4. The van der Waals surface area contributed by atoms with E-state index >= 15 is 0 Å². The zero-order valence-electron chi connectivity index (χ0n) is 13.6. The molecule has 1 aromatic carbocycles. The Kier molecular flexibility index (Phi) is 6.65. The molecule has 0 fully saturated rings. The van der Waals surface area contributed by atoms with Crippen LogP contribution < -0.4 is 20.1 Å². The lowest BCUT2D eigenvalue weighted by molar-refractivity contribution is -0.124. The van der Waals surface area contributed by atoms with Gasteiger partial charge < -0.3 is 14.8 Å². The topological polar surface area (TPSA) is 79.9 Å². The molecule has 0 saturated heterocycles. The number of rotatable bonds is 6. The van der Waals surface area contributed by atoms with Crippen LogP contribution in [0.1, 0.15) is 12.5 Å². The molecule has 1 atom stereocenters. The lowest BCUT2D eigenvalue weighted by Crippen LogP contribution is -2.47. The summed E-state index contributed by atoms with van der Waals surface area (Å²) in [5.41, 5.74) is 0.893. The van der Waals surface area contributed by atoms with Crippen molar-refractivity contribution in [2.75, 3.05) is 28.3 Å². The molecule has 0 aliphatic heterocycles. The van der Waals surface area contributed by atoms with E-state index in [1.54, 1.807) is 28.2 Å². The summed E-state index contributed by atoms with van der Waals surface area (Å²) < 4.78 is 10.6. The van der Waals surface area contributed by atoms with Gasteiger partial charge in [0, 0.05) is 19.2 Å². The maximum absolute atomic E-state index is 12.0. The molecule has 3 amide bonds. The van der Waals surface area contributed by atoms with Crippen molar-refractivity contribution in [3.8, 4) is 11.5 Å². The van der Waals surface area contributed by atoms with Gasteiger partial charge in [-0.2, -0.15) is 0 Å². The first kappa shape index (κ1) is 17.8. The van der Waals surface area contributed by atoms with Gasteiger partial charge in [-0.1, -0.05) is 12.1 Å². The summed E-state index contributed by atoms with van der Waals surface area (Å²) in [5, 5.41) is 4.61. The number of urea groups is 1. The van der Waals surface area contributed by atoms with Gasteiger partial charge in [0.2, 0.25) is 5.91 Å². The lowest BCUT2D eigenvalue weighted by Gasteiger charge is -2.24. The number of ether oxygens (including phenoxy) is 2. The van der Waals surface area contributed by atoms with E-state index in [1.165, 1.54) is 7.05 Å². The van der Waals surface area contributed by atoms with Gasteiger partial charge in [0.1, 0.15) is 0 Å². The van der Waals surface area contributed by atoms with Crippen molar-refractivity contribution in [1.82, 2.24) is 15.5 Å². The molecule has 0 spiro atoms. The number of nitrogens with one attached hydrogen (secondary N) is 2. The van der Waals surface area contributed by atoms with Crippen LogP contribution in [0.5, 0.6) is 11.5 Å². The Hall–Kier alpha value is -2.28. The summed E-state index contributed by atoms with van der Waals surface area (Å²) in [5.74, 6) is 0.898. The van der Waals surface area contributed by atoms with Crippen LogP contribution >= 0.6 is 0 Å². The van der Waals surface area contributed by atoms with E-state index in [0.29, 0.717) is 18.0 Å². The zero-order chi connectivity index (χ0) is 16.7. The Morgan fingerprint density at radius 2 is 1.95 bits per heavy atom. The number of hydrogen-bond acceptors (Lipinski definition) is 5. The molecule has 0 aromatic heterocycles. The predicted molar refractivity (Wildman–Crippen MR) is 83.1 cm³/mol. The van der Waals surface area contributed by atoms with E-state index in [4.69, 9.17) is 9.47 Å². The number of carbonyl (C=O) groups is 2. The fourth-order valence-corrected chi connectivity index (χ4v) is 1.96. The van der Waals surface area contributed by atoms with Gasteiger partial charge in [-0.15, -0.1) is 0 Å². The second-order valence-corrected chi connectivity index (χ2v) is 4.81. The number of amides is 3. The van der Waals surface area contributed by atoms with E-state index in [9.17, 15) is 9.59 Å². The van der Waals surface area contributed by atoms with Gasteiger partial charge in [0.05, 0.1) is 20.3 Å². The summed E-state index contributed by atoms with van der Waals surface area (Å²) in [6, 6.07) is 4.57. The number of nitrogens with zero attached hydrogens (tertiary/aromatic N) is 1. The molecule has 22 heavy (non-hydrogen) atoms. The van der Waals surface area contributed by atoms with Crippen molar-refractivity contribution >= 4 is 11.9 Å². The molecule has 1 rings (SSSR count). The van der Waals surface area contributed by atoms with Crippen LogP contribution in [0.15, 0.2) is 18.2 Å². The maximum atomic E-state index is 12.0. The molecular weight excluding hydrogens is 286 g/mol. The third-order valence-electron chi connectivity index (χ3n) is 3.41. The minimum atomic E-state index is -0.524. The highest BCUT2D eigenvalue weighted by atomic mass is 16.5. The Bertz CT molecular complexity index is 534. The predicted octanol–water partition coefficient (Wildman–Crippen LogP) is 0.980. The number of hydrogen-bond donors (Lipinski definition) is 2. The van der Waals surface area contributed by atoms with Gasteiger partial charge >= 0.3 is 6.03 Å². The molecule has 0 bridgehead atoms. The minimum Gasteiger partial charge on any atom is -0.493 e. The zero-order valence-corrected chi connectivity index (χ0v) is 13.6. The van der Waals surface area contributed by atoms with Crippen LogP contribution in [0.3, 0.4) is 0 Å². The molecule has 1 aromatic rings. The third-order valence-corrected chi connectivity index (χ3v) is 3.41. The Morgan fingerprint density at radius 1 is 1.27 bits per heavy atom. The largest absolute Gasteiger partial charge is 0.493 e. The van der Waals surface area contributed by atoms with Crippen molar-refractivity contribution in [2.45, 2.75) is 19.5 Å². The molecule has 0 aliphatic carbocycles. The molecule has 2 N–H and O–H groups in total. The lowest BCUT2D eigenvalue weighted by atomic mass is 10.1. The molecule has 0 aliphatic rings. The molecule has 0 unspecified atom stereocenters. The van der Waals surface area contributed by atoms with Crippen LogP contribution in [-0.2, 0) is 11.3 Å². The van der Waals surface area contributed by atoms with Crippen LogP contribution in [0.2, 0.25) is 0 Å². The summed E-state index contributed by atoms with van der Waals surface area (Å²) in [7, 11) is 6.40. The summed E-state index contributed by atoms with van der Waals surface area (Å²) in [6.45, 7) is 2.20. The van der Waals surface area contributed by atoms with Gasteiger partial charge in [-0.3, -0.25) is 15.0 Å². The number of methoxy groups -OCH3 is 2. The standard InChI is InChI=1S/C15H23N3O4/c1-10(14(19)17-15(20)16-2)18(3)9-11-7-6-8-12(21-4)13(11)22-5/h6-8,10H,9H2,1-5H3,(H2,16,17,19,20)/t10-/m1/s1. The van der Waals surface area contributed by atoms with Crippen molar-refractivity contribution in [2.24, 2.45) is 0 Å². The second kappa shape index (κ2) is 8.23. The van der Waals surface area contributed by atoms with Gasteiger partial charge in [0.25, 0.3) is 0 Å². The summed E-state index contributed by atoms with van der Waals surface area (Å²) in [6.07, 6.45) is 0. The van der Waals surface area contributed by atoms with Crippen LogP contribution in [0.25, 0.3) is 0 Å². The number of benzene rings is 1. The Labute approximate surface area is 130 Å². The Morgan fingerprint density at radius 3 is 2.50 bits per heavy atom. The number of likely N-dealkylation sites (N-methyl/N-ethyl adjacent to an activating group) is 1. The van der Waals surface area contributed by atoms with E-state index in [0.717, 1.165) is 5.56 Å². The molecule has 7 heteroatoms. The van der Waals surface area contributed by atoms with Crippen LogP contribution in [0.4, 0.5) is 4.79 Å². The smallest absolute Gasteiger partial charge is 0.321 e. The number of imide groups is 1. The molecule has 7 nitrogen and oxygen atoms in total. The minimum absolute atomic E-state index is 0.372. The normalized spacial score (nSPS) is 11.7. The van der Waals surface area contributed by atoms with Crippen LogP contribution in [0, 0.1) is 0 Å². The van der Waals surface area contributed by atoms with Gasteiger partial charge in [-0.25, -0.2) is 4.79 Å². The van der Waals surface area contributed by atoms with E-state index in [-0.39, 0.29) is 5.91 Å². The van der Waals surface area contributed by atoms with Crippen molar-refractivity contribution in [3.63, 3.8) is 0 Å². The average molecular weight is 309 g/mol. The average Bonchev–Trinajstić information content (AvgIpc) is 2.53. The highest BCUT2D eigenvalue weighted by Gasteiger charge is 2.21. The fraction of sp³-hybridized carbons (Fsp3) is 0.467. The summed E-state index contributed by atoms with van der Waals surface area (Å²) in [4.78, 5) is 25.0. The van der Waals surface area contributed by atoms with Crippen molar-refractivity contribution in [1.29, 1.82) is 0 Å². The fourth-order valence-electron chi connectivity index (χ4n) is 1.96. The first-order valence-corrected chi connectivity index (χ1v) is 6.87. The van der Waals surface area contributed by atoms with Crippen LogP contribution in [-0.4, -0.2) is 51.2 Å². The molecule has 0 saturated carbocycles. The highest BCUT2D eigenvalue weighted by Crippen LogP contribution is 2.31. The van der Waals surface area contributed by atoms with Crippen molar-refractivity contribution in [3.05, 3.63) is 23.8 Å². The second-order valence-electron chi connectivity index (χ2n) is 4.81. The Balaban J connectivity index is 2.82. The van der Waals surface area contributed by atoms with E-state index in [2.05, 4.69) is 10.6 Å². The molecule has 0 heterocycles. The molecule has 122 valence electrons. The monoisotopic (exact) mass is 309 g/mol. The SMILES string of the molecule is CNC(=O)NC(=O)[C@@H](C)N(C)Cc1cccc(OC)c1OC. The number of para-hydroxylation sites is 1. The quantitative estimate of drug-likeness (QED) is 0.819. The molecular formula is C15H23N3O4. The third kappa shape index (κ3) is 4.36. The van der Waals surface area contributed by atoms with Gasteiger partial charge in [-0.05, 0) is 20.0 Å². The van der Waals surface area contributed by atoms with Gasteiger partial charge in [0.15, 0.2) is 11.5 Å². The highest BCUT2D eigenvalue weighted by molar-refractivity contribution is 5.96. The maximum Gasteiger partial charge on any atom is 0.321 e.